The summed E-state index contributed by atoms with van der Waals surface area (Å²) >= 11 is 0. The van der Waals surface area contributed by atoms with Gasteiger partial charge in [-0.2, -0.15) is 0 Å². The quantitative estimate of drug-likeness (QED) is 0.867. The van der Waals surface area contributed by atoms with Crippen molar-refractivity contribution >= 4 is 5.97 Å². The van der Waals surface area contributed by atoms with Crippen LogP contribution in [0.3, 0.4) is 0 Å². The number of aliphatic carboxylic acids is 1. The summed E-state index contributed by atoms with van der Waals surface area (Å²) in [5.41, 5.74) is 1.52. The van der Waals surface area contributed by atoms with Crippen LogP contribution in [0, 0.1) is 13.8 Å². The standard InChI is InChI=1S/C13H20N2O3/c1-6-18-13(4,5)12-14-8(2)10(7-11(16)17)9(3)15-12/h6-7H2,1-5H3,(H,16,17). The Bertz CT molecular complexity index is 433. The average Bonchev–Trinajstić information content (AvgIpc) is 2.22. The van der Waals surface area contributed by atoms with E-state index in [-0.39, 0.29) is 6.42 Å². The van der Waals surface area contributed by atoms with Crippen LogP contribution in [0.2, 0.25) is 0 Å². The number of aryl methyl sites for hydroxylation is 2. The second kappa shape index (κ2) is 5.44. The summed E-state index contributed by atoms with van der Waals surface area (Å²) < 4.78 is 5.61. The number of carboxylic acid groups (broad SMARTS) is 1. The number of nitrogens with zero attached hydrogens (tertiary/aromatic N) is 2. The molecule has 0 atom stereocenters. The van der Waals surface area contributed by atoms with Gasteiger partial charge in [0.05, 0.1) is 6.42 Å². The number of hydrogen-bond acceptors (Lipinski definition) is 4. The first-order valence-corrected chi connectivity index (χ1v) is 5.98. The lowest BCUT2D eigenvalue weighted by Crippen LogP contribution is -2.26. The predicted molar refractivity (Wildman–Crippen MR) is 67.5 cm³/mol. The molecule has 5 heteroatoms. The van der Waals surface area contributed by atoms with Gasteiger partial charge in [-0.1, -0.05) is 0 Å². The van der Waals surface area contributed by atoms with Crippen LogP contribution in [0.1, 0.15) is 43.5 Å². The molecule has 18 heavy (non-hydrogen) atoms. The van der Waals surface area contributed by atoms with E-state index >= 15 is 0 Å². The Morgan fingerprint density at radius 1 is 1.28 bits per heavy atom. The summed E-state index contributed by atoms with van der Waals surface area (Å²) in [6, 6.07) is 0. The highest BCUT2D eigenvalue weighted by Gasteiger charge is 2.26. The number of aromatic nitrogens is 2. The van der Waals surface area contributed by atoms with Gasteiger partial charge in [-0.15, -0.1) is 0 Å². The van der Waals surface area contributed by atoms with Crippen molar-refractivity contribution in [3.05, 3.63) is 22.8 Å². The fourth-order valence-corrected chi connectivity index (χ4v) is 1.84. The molecule has 5 nitrogen and oxygen atoms in total. The van der Waals surface area contributed by atoms with E-state index in [4.69, 9.17) is 9.84 Å². The van der Waals surface area contributed by atoms with Gasteiger partial charge in [0, 0.05) is 23.6 Å². The van der Waals surface area contributed by atoms with Crippen LogP contribution < -0.4 is 0 Å². The molecule has 0 fully saturated rings. The smallest absolute Gasteiger partial charge is 0.307 e. The maximum Gasteiger partial charge on any atom is 0.307 e. The third-order valence-electron chi connectivity index (χ3n) is 2.79. The van der Waals surface area contributed by atoms with Gasteiger partial charge in [-0.25, -0.2) is 9.97 Å². The monoisotopic (exact) mass is 252 g/mol. The summed E-state index contributed by atoms with van der Waals surface area (Å²) in [5, 5.41) is 8.85. The van der Waals surface area contributed by atoms with E-state index in [1.165, 1.54) is 0 Å². The summed E-state index contributed by atoms with van der Waals surface area (Å²) in [6.07, 6.45) is -0.0486. The van der Waals surface area contributed by atoms with Crippen molar-refractivity contribution in [3.63, 3.8) is 0 Å². The Morgan fingerprint density at radius 3 is 2.17 bits per heavy atom. The van der Waals surface area contributed by atoms with Crippen molar-refractivity contribution in [2.45, 2.75) is 46.6 Å². The molecule has 1 heterocycles. The summed E-state index contributed by atoms with van der Waals surface area (Å²) in [6.45, 7) is 9.91. The molecule has 0 amide bonds. The number of rotatable bonds is 5. The van der Waals surface area contributed by atoms with Gasteiger partial charge >= 0.3 is 5.97 Å². The van der Waals surface area contributed by atoms with E-state index in [9.17, 15) is 4.79 Å². The van der Waals surface area contributed by atoms with Crippen molar-refractivity contribution in [1.29, 1.82) is 0 Å². The first kappa shape index (κ1) is 14.6. The largest absolute Gasteiger partial charge is 0.481 e. The van der Waals surface area contributed by atoms with Gasteiger partial charge in [0.2, 0.25) is 0 Å². The lowest BCUT2D eigenvalue weighted by atomic mass is 10.1. The molecule has 0 aliphatic rings. The molecule has 0 saturated carbocycles. The van der Waals surface area contributed by atoms with Crippen molar-refractivity contribution < 1.29 is 14.6 Å². The van der Waals surface area contributed by atoms with Gasteiger partial charge in [-0.3, -0.25) is 4.79 Å². The summed E-state index contributed by atoms with van der Waals surface area (Å²) in [5.74, 6) is -0.282. The van der Waals surface area contributed by atoms with Crippen LogP contribution in [-0.2, 0) is 21.6 Å². The fraction of sp³-hybridized carbons (Fsp3) is 0.615. The molecule has 0 radical (unpaired) electrons. The third-order valence-corrected chi connectivity index (χ3v) is 2.79. The van der Waals surface area contributed by atoms with Crippen LogP contribution in [0.4, 0.5) is 0 Å². The highest BCUT2D eigenvalue weighted by atomic mass is 16.5. The summed E-state index contributed by atoms with van der Waals surface area (Å²) in [7, 11) is 0. The van der Waals surface area contributed by atoms with Crippen molar-refractivity contribution in [2.24, 2.45) is 0 Å². The maximum absolute atomic E-state index is 10.8. The number of carboxylic acids is 1. The minimum atomic E-state index is -0.874. The highest BCUT2D eigenvalue weighted by molar-refractivity contribution is 5.70. The van der Waals surface area contributed by atoms with Crippen molar-refractivity contribution in [1.82, 2.24) is 9.97 Å². The van der Waals surface area contributed by atoms with Crippen LogP contribution in [-0.4, -0.2) is 27.7 Å². The zero-order valence-electron chi connectivity index (χ0n) is 11.6. The SMILES string of the molecule is CCOC(C)(C)c1nc(C)c(CC(=O)O)c(C)n1. The number of carbonyl (C=O) groups is 1. The molecule has 1 N–H and O–H groups in total. The second-order valence-corrected chi connectivity index (χ2v) is 4.71. The van der Waals surface area contributed by atoms with Crippen molar-refractivity contribution in [3.8, 4) is 0 Å². The molecule has 0 aliphatic heterocycles. The highest BCUT2D eigenvalue weighted by Crippen LogP contribution is 2.23. The van der Waals surface area contributed by atoms with Gasteiger partial charge < -0.3 is 9.84 Å². The van der Waals surface area contributed by atoms with Crippen LogP contribution in [0.25, 0.3) is 0 Å². The lowest BCUT2D eigenvalue weighted by molar-refractivity contribution is -0.136. The topological polar surface area (TPSA) is 72.3 Å². The molecular formula is C13H20N2O3. The van der Waals surface area contributed by atoms with Crippen molar-refractivity contribution in [2.75, 3.05) is 6.61 Å². The van der Waals surface area contributed by atoms with Crippen LogP contribution in [0.15, 0.2) is 0 Å². The lowest BCUT2D eigenvalue weighted by Gasteiger charge is -2.24. The first-order valence-electron chi connectivity index (χ1n) is 5.98. The molecule has 1 aromatic rings. The Balaban J connectivity index is 3.17. The Morgan fingerprint density at radius 2 is 1.78 bits per heavy atom. The zero-order valence-corrected chi connectivity index (χ0v) is 11.6. The fourth-order valence-electron chi connectivity index (χ4n) is 1.84. The van der Waals surface area contributed by atoms with E-state index in [2.05, 4.69) is 9.97 Å². The molecule has 0 unspecified atom stereocenters. The molecule has 0 aliphatic carbocycles. The summed E-state index contributed by atoms with van der Waals surface area (Å²) in [4.78, 5) is 19.5. The third kappa shape index (κ3) is 3.26. The minimum Gasteiger partial charge on any atom is -0.481 e. The Kier molecular flexibility index (Phi) is 4.40. The molecule has 0 aromatic carbocycles. The molecule has 100 valence electrons. The second-order valence-electron chi connectivity index (χ2n) is 4.71. The van der Waals surface area contributed by atoms with E-state index in [0.717, 1.165) is 0 Å². The van der Waals surface area contributed by atoms with E-state index in [0.29, 0.717) is 29.4 Å². The van der Waals surface area contributed by atoms with Gasteiger partial charge in [0.1, 0.15) is 5.60 Å². The van der Waals surface area contributed by atoms with E-state index in [1.807, 2.05) is 20.8 Å². The predicted octanol–water partition coefficient (Wildman–Crippen LogP) is 1.99. The van der Waals surface area contributed by atoms with Crippen LogP contribution in [0.5, 0.6) is 0 Å². The molecular weight excluding hydrogens is 232 g/mol. The van der Waals surface area contributed by atoms with Gasteiger partial charge in [0.15, 0.2) is 5.82 Å². The Hall–Kier alpha value is -1.49. The maximum atomic E-state index is 10.8. The van der Waals surface area contributed by atoms with E-state index in [1.54, 1.807) is 13.8 Å². The van der Waals surface area contributed by atoms with Gasteiger partial charge in [0.25, 0.3) is 0 Å². The molecule has 1 rings (SSSR count). The number of ether oxygens (including phenoxy) is 1. The number of hydrogen-bond donors (Lipinski definition) is 1. The average molecular weight is 252 g/mol. The first-order chi connectivity index (χ1) is 8.27. The Labute approximate surface area is 107 Å². The zero-order chi connectivity index (χ0) is 13.9. The molecule has 0 spiro atoms. The molecule has 0 bridgehead atoms. The van der Waals surface area contributed by atoms with Gasteiger partial charge in [-0.05, 0) is 34.6 Å². The molecule has 1 aromatic heterocycles. The minimum absolute atomic E-state index is 0.0486. The normalized spacial score (nSPS) is 11.6. The molecule has 0 saturated heterocycles. The van der Waals surface area contributed by atoms with Crippen LogP contribution >= 0.6 is 0 Å². The van der Waals surface area contributed by atoms with E-state index < -0.39 is 11.6 Å².